The maximum Gasteiger partial charge on any atom is 0.255 e. The molecule has 0 aliphatic heterocycles. The molecule has 1 heterocycles. The third kappa shape index (κ3) is 5.18. The van der Waals surface area contributed by atoms with Crippen molar-refractivity contribution in [3.8, 4) is 0 Å². The summed E-state index contributed by atoms with van der Waals surface area (Å²) < 4.78 is 14.9. The van der Waals surface area contributed by atoms with Crippen molar-refractivity contribution >= 4 is 44.9 Å². The molecule has 27 heavy (non-hydrogen) atoms. The van der Waals surface area contributed by atoms with Crippen molar-refractivity contribution in [2.45, 2.75) is 24.1 Å². The third-order valence-corrected chi connectivity index (χ3v) is 6.25. The summed E-state index contributed by atoms with van der Waals surface area (Å²) in [5, 5.41) is 2.01. The summed E-state index contributed by atoms with van der Waals surface area (Å²) >= 11 is 6.51. The van der Waals surface area contributed by atoms with Gasteiger partial charge in [0.25, 0.3) is 5.91 Å². The van der Waals surface area contributed by atoms with Gasteiger partial charge < -0.3 is 4.90 Å². The topological polar surface area (TPSA) is 33.2 Å². The Balaban J connectivity index is 1.79. The van der Waals surface area contributed by atoms with E-state index in [0.29, 0.717) is 23.4 Å². The van der Waals surface area contributed by atoms with Gasteiger partial charge in [-0.15, -0.1) is 23.1 Å². The van der Waals surface area contributed by atoms with Gasteiger partial charge in [0, 0.05) is 39.2 Å². The quantitative estimate of drug-likeness (QED) is 0.402. The fourth-order valence-corrected chi connectivity index (χ4v) is 4.62. The number of benzene rings is 2. The lowest BCUT2D eigenvalue weighted by atomic mass is 10.1. The van der Waals surface area contributed by atoms with Crippen LogP contribution in [0, 0.1) is 5.82 Å². The summed E-state index contributed by atoms with van der Waals surface area (Å²) in [6.45, 7) is 2.63. The van der Waals surface area contributed by atoms with Gasteiger partial charge in [-0.3, -0.25) is 4.79 Å². The molecule has 0 aliphatic carbocycles. The van der Waals surface area contributed by atoms with Gasteiger partial charge in [-0.25, -0.2) is 9.37 Å². The molecule has 0 fully saturated rings. The minimum Gasteiger partial charge on any atom is -0.334 e. The van der Waals surface area contributed by atoms with Gasteiger partial charge in [0.1, 0.15) is 5.82 Å². The molecule has 3 aromatic rings. The fourth-order valence-electron chi connectivity index (χ4n) is 2.60. The van der Waals surface area contributed by atoms with Crippen molar-refractivity contribution < 1.29 is 9.18 Å². The molecule has 0 aliphatic rings. The van der Waals surface area contributed by atoms with Crippen molar-refractivity contribution in [2.75, 3.05) is 6.54 Å². The van der Waals surface area contributed by atoms with Crippen LogP contribution in [-0.4, -0.2) is 22.3 Å². The molecule has 0 saturated heterocycles. The molecule has 0 N–H and O–H groups in total. The lowest BCUT2D eigenvalue weighted by Gasteiger charge is -2.22. The van der Waals surface area contributed by atoms with E-state index < -0.39 is 0 Å². The maximum atomic E-state index is 14.1. The largest absolute Gasteiger partial charge is 0.334 e. The molecule has 0 saturated carbocycles. The molecule has 0 radical (unpaired) electrons. The summed E-state index contributed by atoms with van der Waals surface area (Å²) in [5.41, 5.74) is 3.93. The predicted octanol–water partition coefficient (Wildman–Crippen LogP) is 6.00. The number of carbonyl (C=O) groups is 1. The number of thiazole rings is 1. The number of hydrogen-bond acceptors (Lipinski definition) is 4. The highest BCUT2D eigenvalue weighted by Crippen LogP contribution is 2.28. The first-order valence-electron chi connectivity index (χ1n) is 8.40. The molecule has 0 bridgehead atoms. The van der Waals surface area contributed by atoms with Crippen LogP contribution in [0.25, 0.3) is 0 Å². The van der Waals surface area contributed by atoms with Gasteiger partial charge in [-0.05, 0) is 37.3 Å². The van der Waals surface area contributed by atoms with E-state index in [0.717, 1.165) is 15.1 Å². The first kappa shape index (κ1) is 20.0. The van der Waals surface area contributed by atoms with Gasteiger partial charge in [0.05, 0.1) is 16.8 Å². The van der Waals surface area contributed by atoms with Crippen LogP contribution in [0.15, 0.2) is 62.7 Å². The Labute approximate surface area is 174 Å². The van der Waals surface area contributed by atoms with Crippen LogP contribution in [-0.2, 0) is 12.3 Å². The van der Waals surface area contributed by atoms with E-state index in [1.165, 1.54) is 6.07 Å². The van der Waals surface area contributed by atoms with Crippen molar-refractivity contribution in [1.82, 2.24) is 9.88 Å². The zero-order valence-corrected chi connectivity index (χ0v) is 17.9. The van der Waals surface area contributed by atoms with Gasteiger partial charge in [-0.2, -0.15) is 0 Å². The van der Waals surface area contributed by atoms with Crippen LogP contribution in [0.2, 0.25) is 0 Å². The fraction of sp³-hybridized carbons (Fsp3) is 0.200. The second-order valence-electron chi connectivity index (χ2n) is 5.82. The second kappa shape index (κ2) is 9.48. The Hall–Kier alpha value is -1.70. The molecule has 0 spiro atoms. The Morgan fingerprint density at radius 2 is 2.11 bits per heavy atom. The first-order valence-corrected chi connectivity index (χ1v) is 11.1. The van der Waals surface area contributed by atoms with E-state index >= 15 is 0 Å². The number of thioether (sulfide) groups is 1. The molecule has 7 heteroatoms. The molecule has 0 atom stereocenters. The number of aromatic nitrogens is 1. The zero-order chi connectivity index (χ0) is 19.2. The Bertz CT molecular complexity index is 918. The van der Waals surface area contributed by atoms with Crippen LogP contribution < -0.4 is 0 Å². The number of rotatable bonds is 7. The van der Waals surface area contributed by atoms with E-state index in [1.807, 2.05) is 36.6 Å². The molecule has 3 nitrogen and oxygen atoms in total. The monoisotopic (exact) mass is 464 g/mol. The third-order valence-electron chi connectivity index (χ3n) is 4.01. The molecular formula is C20H18BrFN2OS2. The lowest BCUT2D eigenvalue weighted by molar-refractivity contribution is 0.0747. The summed E-state index contributed by atoms with van der Waals surface area (Å²) in [5.74, 6) is 0.300. The lowest BCUT2D eigenvalue weighted by Crippen LogP contribution is -2.31. The van der Waals surface area contributed by atoms with Crippen molar-refractivity contribution in [2.24, 2.45) is 0 Å². The average Bonchev–Trinajstić information content (AvgIpc) is 3.20. The molecule has 2 aromatic carbocycles. The summed E-state index contributed by atoms with van der Waals surface area (Å²) in [6.07, 6.45) is 0. The predicted molar refractivity (Wildman–Crippen MR) is 113 cm³/mol. The van der Waals surface area contributed by atoms with Crippen LogP contribution in [0.3, 0.4) is 0 Å². The van der Waals surface area contributed by atoms with Gasteiger partial charge in [-0.1, -0.05) is 28.1 Å². The minimum atomic E-state index is -0.310. The van der Waals surface area contributed by atoms with Crippen molar-refractivity contribution in [1.29, 1.82) is 0 Å². The molecular weight excluding hydrogens is 447 g/mol. The molecule has 1 amide bonds. The molecule has 1 aromatic heterocycles. The molecule has 140 valence electrons. The molecule has 3 rings (SSSR count). The van der Waals surface area contributed by atoms with Gasteiger partial charge >= 0.3 is 0 Å². The number of nitrogens with zero attached hydrogens (tertiary/aromatic N) is 2. The van der Waals surface area contributed by atoms with E-state index in [4.69, 9.17) is 0 Å². The summed E-state index contributed by atoms with van der Waals surface area (Å²) in [6, 6.07) is 12.3. The smallest absolute Gasteiger partial charge is 0.255 e. The highest BCUT2D eigenvalue weighted by molar-refractivity contribution is 9.10. The molecule has 0 unspecified atom stereocenters. The van der Waals surface area contributed by atoms with Crippen molar-refractivity contribution in [3.05, 3.63) is 80.5 Å². The highest BCUT2D eigenvalue weighted by atomic mass is 79.9. The van der Waals surface area contributed by atoms with E-state index in [-0.39, 0.29) is 18.3 Å². The maximum absolute atomic E-state index is 14.1. The Morgan fingerprint density at radius 3 is 2.85 bits per heavy atom. The number of hydrogen-bond donors (Lipinski definition) is 0. The zero-order valence-electron chi connectivity index (χ0n) is 14.7. The Morgan fingerprint density at radius 1 is 1.30 bits per heavy atom. The van der Waals surface area contributed by atoms with E-state index in [1.54, 1.807) is 45.6 Å². The van der Waals surface area contributed by atoms with E-state index in [9.17, 15) is 9.18 Å². The number of halogens is 2. The second-order valence-corrected chi connectivity index (χ2v) is 8.47. The SMILES string of the molecule is CCN(Cc1cc(Br)ccc1F)C(=O)c1ccccc1SCc1cscn1. The number of amides is 1. The van der Waals surface area contributed by atoms with E-state index in [2.05, 4.69) is 20.9 Å². The highest BCUT2D eigenvalue weighted by Gasteiger charge is 2.19. The van der Waals surface area contributed by atoms with Crippen LogP contribution in [0.1, 0.15) is 28.5 Å². The first-order chi connectivity index (χ1) is 13.1. The van der Waals surface area contributed by atoms with Crippen molar-refractivity contribution in [3.63, 3.8) is 0 Å². The minimum absolute atomic E-state index is 0.0988. The average molecular weight is 465 g/mol. The van der Waals surface area contributed by atoms with Crippen LogP contribution in [0.5, 0.6) is 0 Å². The van der Waals surface area contributed by atoms with Crippen LogP contribution >= 0.6 is 39.0 Å². The van der Waals surface area contributed by atoms with Gasteiger partial charge in [0.15, 0.2) is 0 Å². The number of carbonyl (C=O) groups excluding carboxylic acids is 1. The summed E-state index contributed by atoms with van der Waals surface area (Å²) in [4.78, 5) is 20.0. The normalized spacial score (nSPS) is 10.8. The van der Waals surface area contributed by atoms with Gasteiger partial charge in [0.2, 0.25) is 0 Å². The Kier molecular flexibility index (Phi) is 7.04. The standard InChI is InChI=1S/C20H18BrFN2OS2/c1-2-24(10-14-9-15(21)7-8-18(14)22)20(25)17-5-3-4-6-19(17)27-12-16-11-26-13-23-16/h3-9,11,13H,2,10,12H2,1H3. The summed E-state index contributed by atoms with van der Waals surface area (Å²) in [7, 11) is 0. The van der Waals surface area contributed by atoms with Crippen LogP contribution in [0.4, 0.5) is 4.39 Å².